The van der Waals surface area contributed by atoms with E-state index in [0.717, 1.165) is 44.9 Å². The Balaban J connectivity index is 1.49. The van der Waals surface area contributed by atoms with Gasteiger partial charge in [-0.05, 0) is 43.7 Å². The van der Waals surface area contributed by atoms with E-state index in [9.17, 15) is 13.2 Å². The highest BCUT2D eigenvalue weighted by Crippen LogP contribution is 2.27. The zero-order valence-corrected chi connectivity index (χ0v) is 16.0. The van der Waals surface area contributed by atoms with Crippen molar-refractivity contribution in [1.29, 1.82) is 0 Å². The number of hydrogen-bond donors (Lipinski definition) is 2. The first-order valence-electron chi connectivity index (χ1n) is 9.54. The zero-order valence-electron chi connectivity index (χ0n) is 15.2. The second-order valence-corrected chi connectivity index (χ2v) is 9.53. The number of sulfonamides is 1. The smallest absolute Gasteiger partial charge is 0.243 e. The molecule has 1 saturated carbocycles. The topological polar surface area (TPSA) is 92.5 Å². The summed E-state index contributed by atoms with van der Waals surface area (Å²) in [6.07, 6.45) is 6.20. The number of hydrogen-bond acceptors (Lipinski definition) is 4. The minimum atomic E-state index is -3.42. The van der Waals surface area contributed by atoms with Crippen LogP contribution in [0.2, 0.25) is 0 Å². The van der Waals surface area contributed by atoms with E-state index in [4.69, 9.17) is 5.73 Å². The predicted molar refractivity (Wildman–Crippen MR) is 101 cm³/mol. The minimum Gasteiger partial charge on any atom is -0.354 e. The van der Waals surface area contributed by atoms with Crippen molar-refractivity contribution >= 4 is 15.9 Å². The molecule has 0 atom stereocenters. The van der Waals surface area contributed by atoms with Crippen LogP contribution in [0.1, 0.15) is 44.9 Å². The van der Waals surface area contributed by atoms with Gasteiger partial charge in [0.15, 0.2) is 0 Å². The Bertz CT molecular complexity index is 707. The van der Waals surface area contributed by atoms with Crippen molar-refractivity contribution in [2.45, 2.75) is 55.4 Å². The molecule has 0 aromatic heterocycles. The van der Waals surface area contributed by atoms with Crippen LogP contribution in [0.3, 0.4) is 0 Å². The van der Waals surface area contributed by atoms with E-state index in [-0.39, 0.29) is 5.91 Å². The van der Waals surface area contributed by atoms with Crippen LogP contribution in [-0.2, 0) is 14.8 Å². The first-order chi connectivity index (χ1) is 12.4. The molecule has 1 saturated heterocycles. The molecule has 26 heavy (non-hydrogen) atoms. The summed E-state index contributed by atoms with van der Waals surface area (Å²) in [4.78, 5) is 12.8. The predicted octanol–water partition coefficient (Wildman–Crippen LogP) is 1.87. The van der Waals surface area contributed by atoms with Crippen molar-refractivity contribution in [2.75, 3.05) is 19.6 Å². The summed E-state index contributed by atoms with van der Waals surface area (Å²) in [5.41, 5.74) is 5.55. The SMILES string of the molecule is NC1(C(=O)NCC2CCN(S(=O)(=O)c3ccccc3)CC2)CCCCC1. The molecule has 2 aliphatic rings. The second kappa shape index (κ2) is 8.06. The van der Waals surface area contributed by atoms with Gasteiger partial charge < -0.3 is 11.1 Å². The summed E-state index contributed by atoms with van der Waals surface area (Å²) in [6.45, 7) is 1.56. The Kier molecular flexibility index (Phi) is 5.99. The van der Waals surface area contributed by atoms with Crippen LogP contribution in [0.15, 0.2) is 35.2 Å². The maximum Gasteiger partial charge on any atom is 0.243 e. The normalized spacial score (nSPS) is 22.0. The fourth-order valence-corrected chi connectivity index (χ4v) is 5.41. The van der Waals surface area contributed by atoms with Gasteiger partial charge in [0.05, 0.1) is 10.4 Å². The third-order valence-electron chi connectivity index (χ3n) is 5.70. The fraction of sp³-hybridized carbons (Fsp3) is 0.632. The van der Waals surface area contributed by atoms with Gasteiger partial charge in [-0.3, -0.25) is 4.79 Å². The Morgan fingerprint density at radius 1 is 1.12 bits per heavy atom. The third kappa shape index (κ3) is 4.27. The number of benzene rings is 1. The minimum absolute atomic E-state index is 0.0449. The first-order valence-corrected chi connectivity index (χ1v) is 11.0. The molecule has 1 aliphatic heterocycles. The summed E-state index contributed by atoms with van der Waals surface area (Å²) in [7, 11) is -3.42. The third-order valence-corrected chi connectivity index (χ3v) is 7.62. The lowest BCUT2D eigenvalue weighted by atomic mass is 9.82. The molecule has 144 valence electrons. The molecular formula is C19H29N3O3S. The summed E-state index contributed by atoms with van der Waals surface area (Å²) >= 11 is 0. The number of amides is 1. The molecule has 3 rings (SSSR count). The lowest BCUT2D eigenvalue weighted by Gasteiger charge is -2.34. The number of nitrogens with one attached hydrogen (secondary N) is 1. The van der Waals surface area contributed by atoms with Crippen LogP contribution in [0.4, 0.5) is 0 Å². The Hall–Kier alpha value is -1.44. The fourth-order valence-electron chi connectivity index (χ4n) is 3.92. The Morgan fingerprint density at radius 3 is 2.35 bits per heavy atom. The van der Waals surface area contributed by atoms with Crippen molar-refractivity contribution in [3.8, 4) is 0 Å². The van der Waals surface area contributed by atoms with Crippen LogP contribution in [-0.4, -0.2) is 43.8 Å². The molecule has 7 heteroatoms. The lowest BCUT2D eigenvalue weighted by Crippen LogP contribution is -2.56. The van der Waals surface area contributed by atoms with Gasteiger partial charge >= 0.3 is 0 Å². The number of rotatable bonds is 5. The van der Waals surface area contributed by atoms with E-state index in [1.807, 2.05) is 6.07 Å². The molecule has 1 amide bonds. The quantitative estimate of drug-likeness (QED) is 0.817. The van der Waals surface area contributed by atoms with E-state index in [0.29, 0.717) is 30.4 Å². The molecule has 0 unspecified atom stereocenters. The van der Waals surface area contributed by atoms with Crippen LogP contribution >= 0.6 is 0 Å². The molecule has 2 fully saturated rings. The van der Waals surface area contributed by atoms with Gasteiger partial charge in [0.1, 0.15) is 0 Å². The van der Waals surface area contributed by atoms with E-state index in [1.165, 1.54) is 0 Å². The molecule has 1 aliphatic carbocycles. The van der Waals surface area contributed by atoms with Gasteiger partial charge in [0, 0.05) is 19.6 Å². The molecular weight excluding hydrogens is 350 g/mol. The van der Waals surface area contributed by atoms with Crippen LogP contribution in [0, 0.1) is 5.92 Å². The number of nitrogens with zero attached hydrogens (tertiary/aromatic N) is 1. The standard InChI is InChI=1S/C19H29N3O3S/c20-19(11-5-2-6-12-19)18(23)21-15-16-9-13-22(14-10-16)26(24,25)17-7-3-1-4-8-17/h1,3-4,7-8,16H,2,5-6,9-15,20H2,(H,21,23). The summed E-state index contributed by atoms with van der Waals surface area (Å²) in [5.74, 6) is 0.255. The van der Waals surface area contributed by atoms with Gasteiger partial charge in [-0.15, -0.1) is 0 Å². The highest BCUT2D eigenvalue weighted by atomic mass is 32.2. The number of nitrogens with two attached hydrogens (primary N) is 1. The average molecular weight is 380 g/mol. The van der Waals surface area contributed by atoms with E-state index < -0.39 is 15.6 Å². The van der Waals surface area contributed by atoms with E-state index in [1.54, 1.807) is 28.6 Å². The van der Waals surface area contributed by atoms with Crippen molar-refractivity contribution in [3.05, 3.63) is 30.3 Å². The van der Waals surface area contributed by atoms with Crippen molar-refractivity contribution in [3.63, 3.8) is 0 Å². The van der Waals surface area contributed by atoms with E-state index in [2.05, 4.69) is 5.32 Å². The number of carbonyl (C=O) groups excluding carboxylic acids is 1. The number of carbonyl (C=O) groups is 1. The molecule has 3 N–H and O–H groups in total. The monoisotopic (exact) mass is 379 g/mol. The van der Waals surface area contributed by atoms with Gasteiger partial charge in [0.25, 0.3) is 0 Å². The van der Waals surface area contributed by atoms with Crippen molar-refractivity contribution in [1.82, 2.24) is 9.62 Å². The highest BCUT2D eigenvalue weighted by molar-refractivity contribution is 7.89. The molecule has 6 nitrogen and oxygen atoms in total. The maximum atomic E-state index is 12.6. The number of piperidine rings is 1. The maximum absolute atomic E-state index is 12.6. The van der Waals surface area contributed by atoms with Crippen LogP contribution in [0.25, 0.3) is 0 Å². The van der Waals surface area contributed by atoms with Gasteiger partial charge in [-0.25, -0.2) is 8.42 Å². The summed E-state index contributed by atoms with van der Waals surface area (Å²) < 4.78 is 26.8. The summed E-state index contributed by atoms with van der Waals surface area (Å²) in [6, 6.07) is 8.55. The highest BCUT2D eigenvalue weighted by Gasteiger charge is 2.36. The average Bonchev–Trinajstić information content (AvgIpc) is 2.67. The van der Waals surface area contributed by atoms with Crippen molar-refractivity contribution in [2.24, 2.45) is 11.7 Å². The van der Waals surface area contributed by atoms with Gasteiger partial charge in [-0.2, -0.15) is 4.31 Å². The van der Waals surface area contributed by atoms with Gasteiger partial charge in [-0.1, -0.05) is 37.5 Å². The molecule has 1 aromatic carbocycles. The molecule has 0 radical (unpaired) electrons. The second-order valence-electron chi connectivity index (χ2n) is 7.59. The van der Waals surface area contributed by atoms with Gasteiger partial charge in [0.2, 0.25) is 15.9 Å². The Labute approximate surface area is 156 Å². The molecule has 1 aromatic rings. The Morgan fingerprint density at radius 2 is 1.73 bits per heavy atom. The van der Waals surface area contributed by atoms with Crippen LogP contribution < -0.4 is 11.1 Å². The van der Waals surface area contributed by atoms with Crippen molar-refractivity contribution < 1.29 is 13.2 Å². The van der Waals surface area contributed by atoms with Crippen LogP contribution in [0.5, 0.6) is 0 Å². The molecule has 0 spiro atoms. The zero-order chi connectivity index (χ0) is 18.6. The largest absolute Gasteiger partial charge is 0.354 e. The summed E-state index contributed by atoms with van der Waals surface area (Å²) in [5, 5.41) is 3.02. The first kappa shape index (κ1) is 19.3. The lowest BCUT2D eigenvalue weighted by molar-refractivity contribution is -0.127. The van der Waals surface area contributed by atoms with E-state index >= 15 is 0 Å². The molecule has 1 heterocycles. The molecule has 0 bridgehead atoms.